The van der Waals surface area contributed by atoms with E-state index in [4.69, 9.17) is 19.2 Å². The minimum Gasteiger partial charge on any atom is -0.501 e. The van der Waals surface area contributed by atoms with E-state index in [2.05, 4.69) is 71.9 Å². The van der Waals surface area contributed by atoms with Gasteiger partial charge in [0.05, 0.1) is 44.1 Å². The van der Waals surface area contributed by atoms with Crippen LogP contribution in [-0.2, 0) is 14.2 Å². The maximum absolute atomic E-state index is 6.26. The third kappa shape index (κ3) is 13.5. The number of ether oxygens (including phenoxy) is 3. The summed E-state index contributed by atoms with van der Waals surface area (Å²) in [7, 11) is 3.83. The highest BCUT2D eigenvalue weighted by molar-refractivity contribution is 5.35. The van der Waals surface area contributed by atoms with Crippen molar-refractivity contribution in [1.82, 2.24) is 19.8 Å². The van der Waals surface area contributed by atoms with Crippen molar-refractivity contribution in [2.75, 3.05) is 72.0 Å². The van der Waals surface area contributed by atoms with Gasteiger partial charge in [0.15, 0.2) is 0 Å². The Morgan fingerprint density at radius 2 is 2.07 bits per heavy atom. The van der Waals surface area contributed by atoms with E-state index in [1.165, 1.54) is 0 Å². The molecule has 41 heavy (non-hydrogen) atoms. The molecule has 1 atom stereocenters. The average Bonchev–Trinajstić information content (AvgIpc) is 2.98. The molecular weight excluding hydrogens is 514 g/mol. The number of likely N-dealkylation sites (N-methyl/N-ethyl adjacent to an activating group) is 1. The second-order valence-corrected chi connectivity index (χ2v) is 10.4. The van der Waals surface area contributed by atoms with Gasteiger partial charge in [-0.1, -0.05) is 38.2 Å². The fourth-order valence-corrected chi connectivity index (χ4v) is 4.49. The highest BCUT2D eigenvalue weighted by Gasteiger charge is 2.16. The molecule has 0 amide bonds. The second-order valence-electron chi connectivity index (χ2n) is 10.4. The van der Waals surface area contributed by atoms with Gasteiger partial charge in [-0.25, -0.2) is 9.97 Å². The van der Waals surface area contributed by atoms with Crippen molar-refractivity contribution in [2.24, 2.45) is 0 Å². The van der Waals surface area contributed by atoms with Crippen LogP contribution in [0.4, 0.5) is 5.95 Å². The lowest BCUT2D eigenvalue weighted by Crippen LogP contribution is -2.25. The van der Waals surface area contributed by atoms with Crippen LogP contribution >= 0.6 is 0 Å². The number of fused-ring (bicyclic) bond motifs is 2. The van der Waals surface area contributed by atoms with E-state index < -0.39 is 0 Å². The third-order valence-corrected chi connectivity index (χ3v) is 7.31. The first-order chi connectivity index (χ1) is 19.9. The zero-order valence-electron chi connectivity index (χ0n) is 26.3. The molecule has 1 unspecified atom stereocenters. The molecule has 2 heterocycles. The number of hydrogen-bond donors (Lipinski definition) is 1. The van der Waals surface area contributed by atoms with Gasteiger partial charge in [0.2, 0.25) is 5.95 Å². The van der Waals surface area contributed by atoms with Gasteiger partial charge in [0.1, 0.15) is 0 Å². The van der Waals surface area contributed by atoms with E-state index in [9.17, 15) is 0 Å². The summed E-state index contributed by atoms with van der Waals surface area (Å²) in [6.07, 6.45) is 15.7. The predicted octanol–water partition coefficient (Wildman–Crippen LogP) is 6.30. The summed E-state index contributed by atoms with van der Waals surface area (Å²) in [5, 5.41) is 3.35. The Morgan fingerprint density at radius 3 is 2.80 bits per heavy atom. The first-order valence-corrected chi connectivity index (χ1v) is 15.0. The van der Waals surface area contributed by atoms with E-state index in [1.54, 1.807) is 13.3 Å². The zero-order valence-corrected chi connectivity index (χ0v) is 26.3. The van der Waals surface area contributed by atoms with Crippen LogP contribution in [0.25, 0.3) is 0 Å². The standard InChI is InChI=1S/C33H53N5O3/c1-8-29-25-30(28(5)39-7)26-40-23-12-11-20-37(6)22-18-31(41-24-14-21-38(9-2)10-3)16-13-15-27(4)35-33-34-19-17-32(29)36-33/h8,11-12,15-17,19,29H,1,9-10,13-14,18,20-26H2,2-7H3,(H,34,35,36)/b12-11+,27-15+,30-28-,31-16+. The van der Waals surface area contributed by atoms with E-state index in [1.807, 2.05) is 26.0 Å². The number of allylic oxidation sites excluding steroid dienone is 5. The number of methoxy groups -OCH3 is 1. The van der Waals surface area contributed by atoms with Crippen molar-refractivity contribution in [3.8, 4) is 0 Å². The average molecular weight is 568 g/mol. The highest BCUT2D eigenvalue weighted by atomic mass is 16.5. The number of aromatic nitrogens is 2. The molecule has 228 valence electrons. The Kier molecular flexibility index (Phi) is 16.7. The minimum atomic E-state index is 0.00853. The first kappa shape index (κ1) is 34.3. The van der Waals surface area contributed by atoms with Crippen LogP contribution < -0.4 is 5.32 Å². The maximum Gasteiger partial charge on any atom is 0.227 e. The summed E-state index contributed by atoms with van der Waals surface area (Å²) in [4.78, 5) is 14.0. The number of rotatable bonds is 9. The molecule has 0 aliphatic carbocycles. The summed E-state index contributed by atoms with van der Waals surface area (Å²) in [5.41, 5.74) is 2.99. The van der Waals surface area contributed by atoms with Gasteiger partial charge in [0, 0.05) is 43.9 Å². The van der Waals surface area contributed by atoms with E-state index in [0.717, 1.165) is 87.1 Å². The molecule has 0 saturated heterocycles. The molecule has 0 spiro atoms. The van der Waals surface area contributed by atoms with Gasteiger partial charge in [0.25, 0.3) is 0 Å². The fourth-order valence-electron chi connectivity index (χ4n) is 4.49. The molecule has 2 rings (SSSR count). The Bertz CT molecular complexity index is 1030. The Hall–Kier alpha value is -2.94. The number of nitrogens with one attached hydrogen (secondary N) is 1. The largest absolute Gasteiger partial charge is 0.501 e. The lowest BCUT2D eigenvalue weighted by Gasteiger charge is -2.19. The second kappa shape index (κ2) is 20.0. The minimum absolute atomic E-state index is 0.00853. The molecule has 0 fully saturated rings. The molecule has 1 aromatic heterocycles. The van der Waals surface area contributed by atoms with Crippen molar-refractivity contribution in [2.45, 2.75) is 59.3 Å². The lowest BCUT2D eigenvalue weighted by atomic mass is 9.95. The summed E-state index contributed by atoms with van der Waals surface area (Å²) in [6, 6.07) is 1.94. The Morgan fingerprint density at radius 1 is 1.27 bits per heavy atom. The normalized spacial score (nSPS) is 23.1. The molecular formula is C33H53N5O3. The van der Waals surface area contributed by atoms with Gasteiger partial charge in [-0.3, -0.25) is 0 Å². The molecule has 1 aromatic rings. The molecule has 0 aromatic carbocycles. The van der Waals surface area contributed by atoms with E-state index in [-0.39, 0.29) is 5.92 Å². The van der Waals surface area contributed by atoms with Gasteiger partial charge in [-0.2, -0.15) is 0 Å². The van der Waals surface area contributed by atoms with Crippen LogP contribution in [0.1, 0.15) is 65.0 Å². The third-order valence-electron chi connectivity index (χ3n) is 7.31. The fraction of sp³-hybridized carbons (Fsp3) is 0.576. The molecule has 8 nitrogen and oxygen atoms in total. The van der Waals surface area contributed by atoms with Crippen LogP contribution in [-0.4, -0.2) is 86.5 Å². The van der Waals surface area contributed by atoms with Crippen molar-refractivity contribution >= 4 is 5.95 Å². The Labute approximate surface area is 248 Å². The molecule has 0 saturated carbocycles. The molecule has 1 N–H and O–H groups in total. The van der Waals surface area contributed by atoms with Gasteiger partial charge in [-0.05, 0) is 71.0 Å². The number of anilines is 1. The van der Waals surface area contributed by atoms with Crippen LogP contribution in [0, 0.1) is 0 Å². The topological polar surface area (TPSA) is 72.0 Å². The number of hydrogen-bond acceptors (Lipinski definition) is 8. The van der Waals surface area contributed by atoms with Crippen molar-refractivity contribution in [3.05, 3.63) is 77.7 Å². The number of nitrogens with zero attached hydrogens (tertiary/aromatic N) is 4. The summed E-state index contributed by atoms with van der Waals surface area (Å²) in [6.45, 7) is 19.2. The summed E-state index contributed by atoms with van der Waals surface area (Å²) >= 11 is 0. The predicted molar refractivity (Wildman–Crippen MR) is 170 cm³/mol. The molecule has 8 heteroatoms. The maximum atomic E-state index is 6.26. The smallest absolute Gasteiger partial charge is 0.227 e. The van der Waals surface area contributed by atoms with E-state index in [0.29, 0.717) is 25.6 Å². The Balaban J connectivity index is 2.21. The quantitative estimate of drug-likeness (QED) is 0.212. The monoisotopic (exact) mass is 567 g/mol. The summed E-state index contributed by atoms with van der Waals surface area (Å²) in [5.74, 6) is 2.49. The highest BCUT2D eigenvalue weighted by Crippen LogP contribution is 2.26. The van der Waals surface area contributed by atoms with Crippen LogP contribution in [0.15, 0.2) is 72.0 Å². The molecule has 0 radical (unpaired) electrons. The van der Waals surface area contributed by atoms with E-state index >= 15 is 0 Å². The van der Waals surface area contributed by atoms with Gasteiger partial charge in [-0.15, -0.1) is 6.58 Å². The molecule has 2 bridgehead atoms. The van der Waals surface area contributed by atoms with Crippen LogP contribution in [0.2, 0.25) is 0 Å². The summed E-state index contributed by atoms with van der Waals surface area (Å²) < 4.78 is 17.8. The SMILES string of the molecule is C=CC1C/C(=C(\C)OC)COC/C=C/CN(C)CC/C(OCCCN(CC)CC)=C\C/C=C(\C)Nc2nccc1n2. The van der Waals surface area contributed by atoms with Crippen molar-refractivity contribution in [3.63, 3.8) is 0 Å². The first-order valence-electron chi connectivity index (χ1n) is 15.0. The zero-order chi connectivity index (χ0) is 29.9. The lowest BCUT2D eigenvalue weighted by molar-refractivity contribution is 0.172. The van der Waals surface area contributed by atoms with Gasteiger partial charge >= 0.3 is 0 Å². The van der Waals surface area contributed by atoms with Crippen LogP contribution in [0.3, 0.4) is 0 Å². The van der Waals surface area contributed by atoms with Crippen molar-refractivity contribution in [1.29, 1.82) is 0 Å². The van der Waals surface area contributed by atoms with Gasteiger partial charge < -0.3 is 29.3 Å². The molecule has 1 aliphatic heterocycles. The van der Waals surface area contributed by atoms with Crippen LogP contribution in [0.5, 0.6) is 0 Å². The van der Waals surface area contributed by atoms with Crippen molar-refractivity contribution < 1.29 is 14.2 Å². The molecule has 1 aliphatic rings.